The number of aliphatic hydroxyl groups excluding tert-OH is 1. The van der Waals surface area contributed by atoms with Gasteiger partial charge in [-0.1, -0.05) is 18.2 Å². The van der Waals surface area contributed by atoms with Gasteiger partial charge in [0.25, 0.3) is 0 Å². The Morgan fingerprint density at radius 2 is 1.65 bits per heavy atom. The van der Waals surface area contributed by atoms with Crippen molar-refractivity contribution in [1.29, 1.82) is 0 Å². The van der Waals surface area contributed by atoms with Crippen LogP contribution in [0, 0.1) is 0 Å². The lowest BCUT2D eigenvalue weighted by Crippen LogP contribution is -2.58. The molecule has 15 heteroatoms. The van der Waals surface area contributed by atoms with Crippen molar-refractivity contribution >= 4 is 52.3 Å². The number of hydrogen-bond acceptors (Lipinski definition) is 8. The summed E-state index contributed by atoms with van der Waals surface area (Å²) >= 11 is 1.43. The number of aliphatic imine (C=N–C) groups is 1. The average Bonchev–Trinajstić information content (AvgIpc) is 3.33. The molecule has 1 heterocycles. The van der Waals surface area contributed by atoms with E-state index in [4.69, 9.17) is 17.2 Å². The van der Waals surface area contributed by atoms with Crippen molar-refractivity contribution in [2.24, 2.45) is 22.2 Å². The fourth-order valence-corrected chi connectivity index (χ4v) is 4.36. The molecule has 2 rings (SSSR count). The first kappa shape index (κ1) is 32.4. The molecule has 0 saturated heterocycles. The lowest BCUT2D eigenvalue weighted by atomic mass is 10.0. The molecular formula is C25H38N8O6S. The summed E-state index contributed by atoms with van der Waals surface area (Å²) in [6.45, 7) is -0.523. The number of carbonyl (C=O) groups excluding carboxylic acids is 3. The van der Waals surface area contributed by atoms with Crippen LogP contribution in [0.15, 0.2) is 35.5 Å². The van der Waals surface area contributed by atoms with Gasteiger partial charge in [0, 0.05) is 30.1 Å². The molecule has 0 radical (unpaired) electrons. The Balaban J connectivity index is 2.24. The summed E-state index contributed by atoms with van der Waals surface area (Å²) in [6.07, 6.45) is 4.54. The summed E-state index contributed by atoms with van der Waals surface area (Å²) in [5.41, 5.74) is 18.3. The minimum absolute atomic E-state index is 0.0674. The minimum atomic E-state index is -1.53. The predicted molar refractivity (Wildman–Crippen MR) is 153 cm³/mol. The molecule has 2 aromatic rings. The molecule has 4 unspecified atom stereocenters. The third-order valence-corrected chi connectivity index (χ3v) is 6.72. The van der Waals surface area contributed by atoms with Crippen molar-refractivity contribution in [1.82, 2.24) is 20.9 Å². The third-order valence-electron chi connectivity index (χ3n) is 6.08. The van der Waals surface area contributed by atoms with Crippen LogP contribution >= 0.6 is 11.8 Å². The number of carboxylic acids is 1. The van der Waals surface area contributed by atoms with Crippen molar-refractivity contribution in [3.8, 4) is 0 Å². The van der Waals surface area contributed by atoms with Crippen molar-refractivity contribution in [3.05, 3.63) is 36.0 Å². The molecule has 0 aliphatic rings. The van der Waals surface area contributed by atoms with E-state index in [1.54, 1.807) is 6.20 Å². The number of carboxylic acid groups (broad SMARTS) is 1. The van der Waals surface area contributed by atoms with Crippen LogP contribution in [0.3, 0.4) is 0 Å². The van der Waals surface area contributed by atoms with Crippen LogP contribution < -0.4 is 33.2 Å². The number of para-hydroxylation sites is 1. The number of aromatic nitrogens is 1. The smallest absolute Gasteiger partial charge is 0.328 e. The molecule has 4 atom stereocenters. The number of guanidine groups is 1. The molecule has 0 spiro atoms. The Kier molecular flexibility index (Phi) is 13.2. The van der Waals surface area contributed by atoms with Gasteiger partial charge < -0.3 is 48.3 Å². The first-order chi connectivity index (χ1) is 19.1. The average molecular weight is 579 g/mol. The van der Waals surface area contributed by atoms with Gasteiger partial charge in [0.2, 0.25) is 17.7 Å². The number of H-pyrrole nitrogens is 1. The molecule has 1 aromatic heterocycles. The fraction of sp³-hybridized carbons (Fsp3) is 0.480. The first-order valence-electron chi connectivity index (χ1n) is 12.7. The van der Waals surface area contributed by atoms with Crippen LogP contribution in [0.25, 0.3) is 10.9 Å². The predicted octanol–water partition coefficient (Wildman–Crippen LogP) is -1.62. The van der Waals surface area contributed by atoms with Gasteiger partial charge in [0.05, 0.1) is 12.6 Å². The van der Waals surface area contributed by atoms with Gasteiger partial charge in [-0.25, -0.2) is 4.79 Å². The quantitative estimate of drug-likeness (QED) is 0.0589. The highest BCUT2D eigenvalue weighted by Crippen LogP contribution is 2.19. The Morgan fingerprint density at radius 3 is 2.30 bits per heavy atom. The second-order valence-corrected chi connectivity index (χ2v) is 10.1. The summed E-state index contributed by atoms with van der Waals surface area (Å²) in [4.78, 5) is 57.6. The van der Waals surface area contributed by atoms with E-state index in [1.807, 2.05) is 30.5 Å². The van der Waals surface area contributed by atoms with Gasteiger partial charge in [-0.2, -0.15) is 11.8 Å². The minimum Gasteiger partial charge on any atom is -0.480 e. The third kappa shape index (κ3) is 10.1. The SMILES string of the molecule is CSCCC(NC(=O)C(Cc1c[nH]c2ccccc12)NC(=O)C(N)CCCN=C(N)N)C(=O)NC(CO)C(=O)O. The number of aliphatic carboxylic acids is 1. The van der Waals surface area contributed by atoms with Crippen LogP contribution in [0.2, 0.25) is 0 Å². The van der Waals surface area contributed by atoms with E-state index in [-0.39, 0.29) is 25.2 Å². The van der Waals surface area contributed by atoms with Gasteiger partial charge in [-0.05, 0) is 42.9 Å². The Morgan fingerprint density at radius 1 is 1.00 bits per heavy atom. The van der Waals surface area contributed by atoms with Crippen molar-refractivity contribution in [2.45, 2.75) is 49.9 Å². The highest BCUT2D eigenvalue weighted by atomic mass is 32.2. The van der Waals surface area contributed by atoms with E-state index in [1.165, 1.54) is 11.8 Å². The zero-order chi connectivity index (χ0) is 29.7. The monoisotopic (exact) mass is 578 g/mol. The van der Waals surface area contributed by atoms with Gasteiger partial charge in [-0.3, -0.25) is 19.4 Å². The summed E-state index contributed by atoms with van der Waals surface area (Å²) in [7, 11) is 0. The molecule has 0 bridgehead atoms. The van der Waals surface area contributed by atoms with Crippen molar-refractivity contribution in [3.63, 3.8) is 0 Å². The number of hydrogen-bond donors (Lipinski definition) is 9. The maximum atomic E-state index is 13.5. The number of nitrogens with one attached hydrogen (secondary N) is 4. The fourth-order valence-electron chi connectivity index (χ4n) is 3.89. The number of nitrogens with zero attached hydrogens (tertiary/aromatic N) is 1. The van der Waals surface area contributed by atoms with E-state index in [2.05, 4.69) is 25.9 Å². The van der Waals surface area contributed by atoms with Crippen LogP contribution in [-0.4, -0.2) is 94.2 Å². The molecule has 12 N–H and O–H groups in total. The van der Waals surface area contributed by atoms with Gasteiger partial charge in [-0.15, -0.1) is 0 Å². The van der Waals surface area contributed by atoms with Gasteiger partial charge >= 0.3 is 5.97 Å². The zero-order valence-corrected chi connectivity index (χ0v) is 23.1. The molecule has 14 nitrogen and oxygen atoms in total. The Labute approximate surface area is 235 Å². The topological polar surface area (TPSA) is 251 Å². The second-order valence-electron chi connectivity index (χ2n) is 9.10. The number of benzene rings is 1. The lowest BCUT2D eigenvalue weighted by molar-refractivity contribution is -0.143. The van der Waals surface area contributed by atoms with E-state index in [9.17, 15) is 29.4 Å². The summed E-state index contributed by atoms with van der Waals surface area (Å²) in [5.74, 6) is -2.98. The summed E-state index contributed by atoms with van der Waals surface area (Å²) < 4.78 is 0. The molecular weight excluding hydrogens is 540 g/mol. The number of aliphatic hydroxyl groups is 1. The Bertz CT molecular complexity index is 1190. The maximum absolute atomic E-state index is 13.5. The van der Waals surface area contributed by atoms with E-state index >= 15 is 0 Å². The number of fused-ring (bicyclic) bond motifs is 1. The highest BCUT2D eigenvalue weighted by Gasteiger charge is 2.30. The van der Waals surface area contributed by atoms with Crippen LogP contribution in [0.1, 0.15) is 24.8 Å². The summed E-state index contributed by atoms with van der Waals surface area (Å²) in [5, 5.41) is 26.9. The number of carbonyl (C=O) groups is 4. The highest BCUT2D eigenvalue weighted by molar-refractivity contribution is 7.98. The van der Waals surface area contributed by atoms with E-state index < -0.39 is 54.5 Å². The normalized spacial score (nSPS) is 14.0. The first-order valence-corrected chi connectivity index (χ1v) is 14.1. The largest absolute Gasteiger partial charge is 0.480 e. The molecule has 220 valence electrons. The standard InChI is InChI=1S/C25H38N8O6S/c1-40-10-8-18(22(36)33-20(13-34)24(38)39)31-23(37)19(11-14-12-30-17-7-3-2-5-15(14)17)32-21(35)16(26)6-4-9-29-25(27)28/h2-3,5,7,12,16,18-20,30,34H,4,6,8-11,13,26H2,1H3,(H,31,37)(H,32,35)(H,33,36)(H,38,39)(H4,27,28,29). The van der Waals surface area contributed by atoms with Crippen LogP contribution in [-0.2, 0) is 25.6 Å². The molecule has 1 aromatic carbocycles. The molecule has 0 aliphatic carbocycles. The molecule has 40 heavy (non-hydrogen) atoms. The van der Waals surface area contributed by atoms with Crippen molar-refractivity contribution in [2.75, 3.05) is 25.2 Å². The van der Waals surface area contributed by atoms with E-state index in [0.29, 0.717) is 18.7 Å². The number of rotatable bonds is 17. The number of thioether (sulfide) groups is 1. The lowest BCUT2D eigenvalue weighted by Gasteiger charge is -2.25. The van der Waals surface area contributed by atoms with E-state index in [0.717, 1.165) is 16.5 Å². The molecule has 0 aliphatic heterocycles. The molecule has 0 saturated carbocycles. The second kappa shape index (κ2) is 16.3. The summed E-state index contributed by atoms with van der Waals surface area (Å²) in [6, 6.07) is 2.79. The number of amides is 3. The van der Waals surface area contributed by atoms with Gasteiger partial charge in [0.1, 0.15) is 18.1 Å². The molecule has 0 fully saturated rings. The number of nitrogens with two attached hydrogens (primary N) is 3. The van der Waals surface area contributed by atoms with Crippen LogP contribution in [0.5, 0.6) is 0 Å². The number of aromatic amines is 1. The maximum Gasteiger partial charge on any atom is 0.328 e. The Hall–Kier alpha value is -3.82. The molecule has 3 amide bonds. The van der Waals surface area contributed by atoms with Crippen LogP contribution in [0.4, 0.5) is 0 Å². The van der Waals surface area contributed by atoms with Crippen molar-refractivity contribution < 1.29 is 29.4 Å². The zero-order valence-electron chi connectivity index (χ0n) is 22.3. The van der Waals surface area contributed by atoms with Gasteiger partial charge in [0.15, 0.2) is 5.96 Å².